The van der Waals surface area contributed by atoms with Gasteiger partial charge >= 0.3 is 18.0 Å². The fourth-order valence-corrected chi connectivity index (χ4v) is 2.13. The summed E-state index contributed by atoms with van der Waals surface area (Å²) in [7, 11) is 0. The molecule has 8 heteroatoms. The lowest BCUT2D eigenvalue weighted by molar-refractivity contribution is -0.233. The van der Waals surface area contributed by atoms with Gasteiger partial charge < -0.3 is 9.84 Å². The Morgan fingerprint density at radius 1 is 1.23 bits per heavy atom. The summed E-state index contributed by atoms with van der Waals surface area (Å²) in [5, 5.41) is 10.7. The molecule has 0 bridgehead atoms. The highest BCUT2D eigenvalue weighted by atomic mass is 35.5. The van der Waals surface area contributed by atoms with Crippen molar-refractivity contribution < 1.29 is 27.8 Å². The molecule has 1 aromatic carbocycles. The number of nitrogens with zero attached hydrogens (tertiary/aromatic N) is 1. The molecular weight excluding hydrogens is 371 g/mol. The normalized spacial score (nSPS) is 16.9. The Hall–Kier alpha value is -1.91. The van der Waals surface area contributed by atoms with Crippen LogP contribution in [0.2, 0.25) is 5.02 Å². The second kappa shape index (κ2) is 7.01. The van der Waals surface area contributed by atoms with Crippen LogP contribution in [0.1, 0.15) is 33.6 Å². The van der Waals surface area contributed by atoms with E-state index in [1.165, 1.54) is 45.0 Å². The fourth-order valence-electron chi connectivity index (χ4n) is 2.01. The summed E-state index contributed by atoms with van der Waals surface area (Å²) in [6.07, 6.45) is -5.28. The summed E-state index contributed by atoms with van der Waals surface area (Å²) in [6, 6.07) is 4.97. The number of benzene rings is 1. The molecular formula is C18H19ClF3NO3. The van der Waals surface area contributed by atoms with Crippen molar-refractivity contribution >= 4 is 23.4 Å². The van der Waals surface area contributed by atoms with Gasteiger partial charge in [-0.25, -0.2) is 9.69 Å². The van der Waals surface area contributed by atoms with E-state index in [2.05, 4.69) is 5.92 Å². The van der Waals surface area contributed by atoms with Gasteiger partial charge in [0.05, 0.1) is 5.69 Å². The minimum Gasteiger partial charge on any atom is -0.443 e. The lowest BCUT2D eigenvalue weighted by Crippen LogP contribution is -2.61. The first-order chi connectivity index (χ1) is 11.8. The zero-order valence-corrected chi connectivity index (χ0v) is 15.3. The minimum atomic E-state index is -5.23. The van der Waals surface area contributed by atoms with Gasteiger partial charge in [-0.15, -0.1) is 0 Å². The standard InChI is InChI=1S/C18H19ClF3NO3/c1-16(2,3)26-15(24)23(14-8-6-13(19)7-9-14)17(25,18(20,21)22)11-10-12-4-5-12/h6-9,12,25H,4-5H2,1-3H3. The number of halogens is 4. The molecule has 1 saturated carbocycles. The highest BCUT2D eigenvalue weighted by Gasteiger charge is 2.60. The third-order valence-corrected chi connectivity index (χ3v) is 3.66. The highest BCUT2D eigenvalue weighted by Crippen LogP contribution is 2.38. The van der Waals surface area contributed by atoms with Crippen molar-refractivity contribution in [2.24, 2.45) is 5.92 Å². The average Bonchev–Trinajstić information content (AvgIpc) is 3.28. The number of carbonyl (C=O) groups is 1. The first-order valence-electron chi connectivity index (χ1n) is 7.94. The monoisotopic (exact) mass is 389 g/mol. The maximum Gasteiger partial charge on any atom is 0.450 e. The van der Waals surface area contributed by atoms with Crippen LogP contribution >= 0.6 is 11.6 Å². The number of ether oxygens (including phenoxy) is 1. The fraction of sp³-hybridized carbons (Fsp3) is 0.500. The Morgan fingerprint density at radius 3 is 2.19 bits per heavy atom. The average molecular weight is 390 g/mol. The number of anilines is 1. The van der Waals surface area contributed by atoms with Crippen molar-refractivity contribution in [3.63, 3.8) is 0 Å². The van der Waals surface area contributed by atoms with E-state index in [0.717, 1.165) is 0 Å². The number of aliphatic hydroxyl groups is 1. The molecule has 0 aliphatic heterocycles. The van der Waals surface area contributed by atoms with Gasteiger partial charge in [-0.05, 0) is 63.8 Å². The zero-order chi connectivity index (χ0) is 19.8. The predicted molar refractivity (Wildman–Crippen MR) is 91.7 cm³/mol. The lowest BCUT2D eigenvalue weighted by atomic mass is 10.1. The first-order valence-corrected chi connectivity index (χ1v) is 8.32. The Morgan fingerprint density at radius 2 is 1.77 bits per heavy atom. The molecule has 26 heavy (non-hydrogen) atoms. The number of hydrogen-bond acceptors (Lipinski definition) is 3. The van der Waals surface area contributed by atoms with Crippen LogP contribution in [0.4, 0.5) is 23.7 Å². The molecule has 1 atom stereocenters. The van der Waals surface area contributed by atoms with Crippen molar-refractivity contribution in [1.29, 1.82) is 0 Å². The molecule has 0 radical (unpaired) electrons. The topological polar surface area (TPSA) is 49.8 Å². The first kappa shape index (κ1) is 20.4. The SMILES string of the molecule is CC(C)(C)OC(=O)N(c1ccc(Cl)cc1)C(O)(C#CC1CC1)C(F)(F)F. The van der Waals surface area contributed by atoms with Gasteiger partial charge in [0.15, 0.2) is 0 Å². The second-order valence-corrected chi connectivity index (χ2v) is 7.44. The van der Waals surface area contributed by atoms with Gasteiger partial charge in [-0.1, -0.05) is 17.5 Å². The molecule has 1 unspecified atom stereocenters. The molecule has 142 valence electrons. The van der Waals surface area contributed by atoms with E-state index >= 15 is 0 Å². The number of carbonyl (C=O) groups excluding carboxylic acids is 1. The van der Waals surface area contributed by atoms with Crippen LogP contribution in [0.15, 0.2) is 24.3 Å². The maximum atomic E-state index is 13.8. The highest BCUT2D eigenvalue weighted by molar-refractivity contribution is 6.30. The third kappa shape index (κ3) is 4.83. The van der Waals surface area contributed by atoms with Crippen molar-refractivity contribution in [2.75, 3.05) is 4.90 Å². The number of amides is 1. The molecule has 0 aromatic heterocycles. The summed E-state index contributed by atoms with van der Waals surface area (Å²) in [5.74, 6) is 4.02. The van der Waals surface area contributed by atoms with Crippen LogP contribution in [0.25, 0.3) is 0 Å². The second-order valence-electron chi connectivity index (χ2n) is 7.01. The smallest absolute Gasteiger partial charge is 0.443 e. The Labute approximate surface area is 154 Å². The van der Waals surface area contributed by atoms with Gasteiger partial charge in [0.2, 0.25) is 0 Å². The summed E-state index contributed by atoms with van der Waals surface area (Å²) in [6.45, 7) is 4.52. The minimum absolute atomic E-state index is 0.115. The Balaban J connectivity index is 2.56. The van der Waals surface area contributed by atoms with E-state index in [0.29, 0.717) is 12.8 Å². The van der Waals surface area contributed by atoms with Crippen LogP contribution in [0, 0.1) is 17.8 Å². The molecule has 4 nitrogen and oxygen atoms in total. The molecule has 2 rings (SSSR count). The van der Waals surface area contributed by atoms with Gasteiger partial charge in [0, 0.05) is 10.9 Å². The number of rotatable bonds is 2. The van der Waals surface area contributed by atoms with Crippen molar-refractivity contribution in [3.8, 4) is 11.8 Å². The summed E-state index contributed by atoms with van der Waals surface area (Å²) in [4.78, 5) is 12.7. The maximum absolute atomic E-state index is 13.8. The van der Waals surface area contributed by atoms with E-state index in [1.807, 2.05) is 5.92 Å². The van der Waals surface area contributed by atoms with Crippen molar-refractivity contribution in [2.45, 2.75) is 51.1 Å². The third-order valence-electron chi connectivity index (χ3n) is 3.41. The number of alkyl halides is 3. The van der Waals surface area contributed by atoms with E-state index < -0.39 is 23.6 Å². The van der Waals surface area contributed by atoms with E-state index in [-0.39, 0.29) is 21.5 Å². The molecule has 1 amide bonds. The summed E-state index contributed by atoms with van der Waals surface area (Å²) < 4.78 is 46.3. The Bertz CT molecular complexity index is 727. The summed E-state index contributed by atoms with van der Waals surface area (Å²) >= 11 is 5.77. The molecule has 1 aromatic rings. The Kier molecular flexibility index (Phi) is 5.50. The van der Waals surface area contributed by atoms with Crippen molar-refractivity contribution in [3.05, 3.63) is 29.3 Å². The molecule has 1 aliphatic rings. The van der Waals surface area contributed by atoms with E-state index in [9.17, 15) is 23.1 Å². The molecule has 1 fully saturated rings. The quantitative estimate of drug-likeness (QED) is 0.586. The molecule has 0 spiro atoms. The molecule has 0 saturated heterocycles. The molecule has 1 N–H and O–H groups in total. The summed E-state index contributed by atoms with van der Waals surface area (Å²) in [5.41, 5.74) is -5.04. The van der Waals surface area contributed by atoms with Gasteiger partial charge in [-0.3, -0.25) is 0 Å². The van der Waals surface area contributed by atoms with E-state index in [1.54, 1.807) is 0 Å². The van der Waals surface area contributed by atoms with Gasteiger partial charge in [0.1, 0.15) is 5.60 Å². The van der Waals surface area contributed by atoms with Crippen LogP contribution in [-0.2, 0) is 4.74 Å². The van der Waals surface area contributed by atoms with Crippen LogP contribution in [0.3, 0.4) is 0 Å². The van der Waals surface area contributed by atoms with Crippen LogP contribution in [0.5, 0.6) is 0 Å². The van der Waals surface area contributed by atoms with Gasteiger partial charge in [0.25, 0.3) is 0 Å². The van der Waals surface area contributed by atoms with Crippen molar-refractivity contribution in [1.82, 2.24) is 0 Å². The largest absolute Gasteiger partial charge is 0.450 e. The van der Waals surface area contributed by atoms with E-state index in [4.69, 9.17) is 16.3 Å². The number of hydrogen-bond donors (Lipinski definition) is 1. The molecule has 0 heterocycles. The van der Waals surface area contributed by atoms with Crippen LogP contribution < -0.4 is 4.90 Å². The van der Waals surface area contributed by atoms with Crippen LogP contribution in [-0.4, -0.2) is 28.7 Å². The predicted octanol–water partition coefficient (Wildman–Crippen LogP) is 4.75. The van der Waals surface area contributed by atoms with Gasteiger partial charge in [-0.2, -0.15) is 13.2 Å². The molecule has 1 aliphatic carbocycles. The lowest BCUT2D eigenvalue weighted by Gasteiger charge is -2.37. The zero-order valence-electron chi connectivity index (χ0n) is 14.5.